The summed E-state index contributed by atoms with van der Waals surface area (Å²) < 4.78 is 0. The van der Waals surface area contributed by atoms with E-state index in [1.807, 2.05) is 0 Å². The van der Waals surface area contributed by atoms with E-state index in [1.165, 1.54) is 43.2 Å². The Hall–Kier alpha value is -1.72. The van der Waals surface area contributed by atoms with Crippen molar-refractivity contribution in [2.75, 3.05) is 39.3 Å². The maximum atomic E-state index is 11.3. The molecule has 4 nitrogen and oxygen atoms in total. The molecule has 0 radical (unpaired) electrons. The zero-order valence-electron chi connectivity index (χ0n) is 22.7. The van der Waals surface area contributed by atoms with Gasteiger partial charge in [0.2, 0.25) is 0 Å². The number of hydrogen-bond acceptors (Lipinski definition) is 4. The highest BCUT2D eigenvalue weighted by atomic mass is 16.3. The molecule has 1 saturated carbocycles. The second-order valence-corrected chi connectivity index (χ2v) is 12.2. The van der Waals surface area contributed by atoms with Crippen LogP contribution < -0.4 is 0 Å². The first-order valence-electron chi connectivity index (χ1n) is 15.0. The minimum absolute atomic E-state index is 0.290. The van der Waals surface area contributed by atoms with Gasteiger partial charge in [-0.3, -0.25) is 4.90 Å². The van der Waals surface area contributed by atoms with Gasteiger partial charge >= 0.3 is 0 Å². The summed E-state index contributed by atoms with van der Waals surface area (Å²) in [7, 11) is 0. The molecule has 1 aliphatic carbocycles. The number of benzene rings is 2. The number of hydrogen-bond donors (Lipinski definition) is 2. The lowest BCUT2D eigenvalue weighted by Gasteiger charge is -2.40. The molecule has 0 aromatic heterocycles. The third-order valence-corrected chi connectivity index (χ3v) is 9.78. The van der Waals surface area contributed by atoms with Crippen molar-refractivity contribution in [2.45, 2.75) is 81.8 Å². The maximum absolute atomic E-state index is 11.3. The lowest BCUT2D eigenvalue weighted by atomic mass is 9.83. The van der Waals surface area contributed by atoms with Gasteiger partial charge in [0.25, 0.3) is 0 Å². The smallest absolute Gasteiger partial charge is 0.0672 e. The Bertz CT molecular complexity index is 922. The zero-order valence-corrected chi connectivity index (χ0v) is 22.7. The number of rotatable bonds is 10. The molecule has 3 atom stereocenters. The molecule has 202 valence electrons. The molecule has 3 fully saturated rings. The van der Waals surface area contributed by atoms with Gasteiger partial charge in [-0.15, -0.1) is 0 Å². The summed E-state index contributed by atoms with van der Waals surface area (Å²) in [5.74, 6) is 1.74. The van der Waals surface area contributed by atoms with Crippen LogP contribution in [0.25, 0.3) is 0 Å². The van der Waals surface area contributed by atoms with Crippen molar-refractivity contribution < 1.29 is 10.2 Å². The van der Waals surface area contributed by atoms with Crippen LogP contribution in [0, 0.1) is 11.8 Å². The molecule has 2 saturated heterocycles. The van der Waals surface area contributed by atoms with Crippen molar-refractivity contribution in [3.05, 3.63) is 71.8 Å². The molecular formula is C33H48N2O2. The molecule has 37 heavy (non-hydrogen) atoms. The molecule has 2 aromatic carbocycles. The Morgan fingerprint density at radius 3 is 2.22 bits per heavy atom. The van der Waals surface area contributed by atoms with E-state index in [9.17, 15) is 10.2 Å². The summed E-state index contributed by atoms with van der Waals surface area (Å²) in [6.45, 7) is 5.52. The van der Waals surface area contributed by atoms with Crippen molar-refractivity contribution in [3.8, 4) is 0 Å². The van der Waals surface area contributed by atoms with Crippen molar-refractivity contribution in [3.63, 3.8) is 0 Å². The van der Waals surface area contributed by atoms with Crippen LogP contribution in [0.15, 0.2) is 60.7 Å². The lowest BCUT2D eigenvalue weighted by molar-refractivity contribution is -0.0318. The first-order chi connectivity index (χ1) is 18.1. The summed E-state index contributed by atoms with van der Waals surface area (Å²) in [6.07, 6.45) is 11.3. The summed E-state index contributed by atoms with van der Waals surface area (Å²) >= 11 is 0. The standard InChI is InChI=1S/C33H48N2O2/c36-26-32(29-16-8-3-9-17-29)35-24-30(31(25-35)28-14-6-2-7-15-28)23-34-21-19-33(37,20-22-34)18-10-13-27-11-4-1-5-12-27/h1-2,4-7,11-12,14-15,29-32,36-37H,3,8-10,13,16-26H2/t30?,31?,32-/m1/s1. The first kappa shape index (κ1) is 26.9. The second kappa shape index (κ2) is 12.9. The van der Waals surface area contributed by atoms with Gasteiger partial charge in [-0.25, -0.2) is 0 Å². The van der Waals surface area contributed by atoms with E-state index in [0.717, 1.165) is 64.8 Å². The van der Waals surface area contributed by atoms with Crippen molar-refractivity contribution in [1.82, 2.24) is 9.80 Å². The number of likely N-dealkylation sites (tertiary alicyclic amines) is 2. The Morgan fingerprint density at radius 2 is 1.54 bits per heavy atom. The zero-order chi connectivity index (χ0) is 25.5. The largest absolute Gasteiger partial charge is 0.395 e. The fraction of sp³-hybridized carbons (Fsp3) is 0.636. The third-order valence-electron chi connectivity index (χ3n) is 9.78. The van der Waals surface area contributed by atoms with Gasteiger partial charge in [-0.05, 0) is 67.9 Å². The highest BCUT2D eigenvalue weighted by Gasteiger charge is 2.41. The van der Waals surface area contributed by atoms with Crippen LogP contribution in [0.4, 0.5) is 0 Å². The van der Waals surface area contributed by atoms with E-state index < -0.39 is 5.60 Å². The van der Waals surface area contributed by atoms with E-state index in [-0.39, 0.29) is 0 Å². The molecule has 0 amide bonds. The Morgan fingerprint density at radius 1 is 0.865 bits per heavy atom. The minimum atomic E-state index is -0.505. The number of aryl methyl sites for hydroxylation is 1. The molecule has 2 aliphatic heterocycles. The molecule has 2 aromatic rings. The van der Waals surface area contributed by atoms with Crippen LogP contribution in [0.1, 0.15) is 74.8 Å². The number of aliphatic hydroxyl groups excluding tert-OH is 1. The summed E-state index contributed by atoms with van der Waals surface area (Å²) in [4.78, 5) is 5.26. The summed E-state index contributed by atoms with van der Waals surface area (Å²) in [6, 6.07) is 22.0. The highest BCUT2D eigenvalue weighted by molar-refractivity contribution is 5.23. The average Bonchev–Trinajstić information content (AvgIpc) is 3.35. The van der Waals surface area contributed by atoms with Crippen LogP contribution in [0.2, 0.25) is 0 Å². The Labute approximate surface area is 224 Å². The SMILES string of the molecule is OC[C@H](C1CCCCC1)N1CC(CN2CCC(O)(CCCc3ccccc3)CC2)C(c2ccccc2)C1. The molecule has 3 aliphatic rings. The monoisotopic (exact) mass is 504 g/mol. The van der Waals surface area contributed by atoms with Crippen molar-refractivity contribution >= 4 is 0 Å². The van der Waals surface area contributed by atoms with Crippen molar-refractivity contribution in [2.24, 2.45) is 11.8 Å². The molecule has 2 N–H and O–H groups in total. The van der Waals surface area contributed by atoms with Crippen LogP contribution in [0.3, 0.4) is 0 Å². The number of nitrogens with zero attached hydrogens (tertiary/aromatic N) is 2. The van der Waals surface area contributed by atoms with Gasteiger partial charge < -0.3 is 15.1 Å². The quantitative estimate of drug-likeness (QED) is 0.449. The molecule has 2 heterocycles. The van der Waals surface area contributed by atoms with Gasteiger partial charge in [0, 0.05) is 44.7 Å². The third kappa shape index (κ3) is 7.03. The van der Waals surface area contributed by atoms with Gasteiger partial charge in [-0.1, -0.05) is 79.9 Å². The maximum Gasteiger partial charge on any atom is 0.0672 e. The van der Waals surface area contributed by atoms with E-state index in [1.54, 1.807) is 0 Å². The fourth-order valence-electron chi connectivity index (χ4n) is 7.52. The summed E-state index contributed by atoms with van der Waals surface area (Å²) in [5.41, 5.74) is 2.31. The van der Waals surface area contributed by atoms with Crippen LogP contribution >= 0.6 is 0 Å². The van der Waals surface area contributed by atoms with Gasteiger partial charge in [0.05, 0.1) is 12.2 Å². The first-order valence-corrected chi connectivity index (χ1v) is 15.0. The predicted molar refractivity (Wildman–Crippen MR) is 152 cm³/mol. The van der Waals surface area contributed by atoms with E-state index in [2.05, 4.69) is 70.5 Å². The predicted octanol–water partition coefficient (Wildman–Crippen LogP) is 5.49. The second-order valence-electron chi connectivity index (χ2n) is 12.2. The van der Waals surface area contributed by atoms with E-state index in [4.69, 9.17) is 0 Å². The van der Waals surface area contributed by atoms with Gasteiger partial charge in [0.1, 0.15) is 0 Å². The Balaban J connectivity index is 1.17. The van der Waals surface area contributed by atoms with Crippen molar-refractivity contribution in [1.29, 1.82) is 0 Å². The lowest BCUT2D eigenvalue weighted by Crippen LogP contribution is -2.47. The molecular weight excluding hydrogens is 456 g/mol. The summed E-state index contributed by atoms with van der Waals surface area (Å²) in [5, 5.41) is 21.7. The Kier molecular flexibility index (Phi) is 9.36. The van der Waals surface area contributed by atoms with Crippen LogP contribution in [0.5, 0.6) is 0 Å². The van der Waals surface area contributed by atoms with Gasteiger partial charge in [-0.2, -0.15) is 0 Å². The highest BCUT2D eigenvalue weighted by Crippen LogP contribution is 2.39. The minimum Gasteiger partial charge on any atom is -0.395 e. The molecule has 4 heteroatoms. The molecule has 0 spiro atoms. The average molecular weight is 505 g/mol. The molecule has 2 unspecified atom stereocenters. The van der Waals surface area contributed by atoms with Crippen LogP contribution in [-0.2, 0) is 6.42 Å². The normalized spacial score (nSPS) is 26.3. The number of aliphatic hydroxyl groups is 2. The fourth-order valence-corrected chi connectivity index (χ4v) is 7.52. The molecule has 5 rings (SSSR count). The molecule has 0 bridgehead atoms. The number of piperidine rings is 1. The van der Waals surface area contributed by atoms with E-state index >= 15 is 0 Å². The van der Waals surface area contributed by atoms with E-state index in [0.29, 0.717) is 30.4 Å². The van der Waals surface area contributed by atoms with Gasteiger partial charge in [0.15, 0.2) is 0 Å². The van der Waals surface area contributed by atoms with Crippen LogP contribution in [-0.4, -0.2) is 71.0 Å². The topological polar surface area (TPSA) is 46.9 Å².